The van der Waals surface area contributed by atoms with Crippen LogP contribution in [0.5, 0.6) is 11.5 Å². The number of phenolic OH excluding ortho intramolecular Hbond substituents is 1. The third-order valence-electron chi connectivity index (χ3n) is 5.59. The van der Waals surface area contributed by atoms with Crippen molar-refractivity contribution in [3.05, 3.63) is 63.9 Å². The molecule has 0 spiro atoms. The number of ketones is 1. The number of rotatable bonds is 5. The monoisotopic (exact) mass is 441 g/mol. The summed E-state index contributed by atoms with van der Waals surface area (Å²) in [5.74, 6) is 0.0484. The number of benzene rings is 2. The van der Waals surface area contributed by atoms with E-state index >= 15 is 0 Å². The molecule has 1 fully saturated rings. The number of Topliss-reactive ketones (excluding diaryl/α,β-unsaturated/α-hetero) is 1. The van der Waals surface area contributed by atoms with Crippen molar-refractivity contribution in [3.63, 3.8) is 0 Å². The topological polar surface area (TPSA) is 76.1 Å². The van der Waals surface area contributed by atoms with E-state index in [2.05, 4.69) is 4.90 Å². The minimum atomic E-state index is -0.228. The van der Waals surface area contributed by atoms with Gasteiger partial charge in [0.25, 0.3) is 0 Å². The molecule has 31 heavy (non-hydrogen) atoms. The Balaban J connectivity index is 1.56. The molecule has 2 aromatic rings. The van der Waals surface area contributed by atoms with Crippen LogP contribution >= 0.6 is 11.6 Å². The van der Waals surface area contributed by atoms with Gasteiger partial charge >= 0.3 is 5.97 Å². The quantitative estimate of drug-likeness (QED) is 0.546. The van der Waals surface area contributed by atoms with Gasteiger partial charge in [0.2, 0.25) is 5.78 Å². The van der Waals surface area contributed by atoms with Crippen LogP contribution in [0.1, 0.15) is 41.3 Å². The van der Waals surface area contributed by atoms with Gasteiger partial charge in [-0.25, -0.2) is 0 Å². The molecule has 0 bridgehead atoms. The number of ether oxygens (including phenoxy) is 2. The average Bonchev–Trinajstić information content (AvgIpc) is 3.08. The summed E-state index contributed by atoms with van der Waals surface area (Å²) in [5, 5.41) is 11.1. The van der Waals surface area contributed by atoms with Crippen LogP contribution in [0.2, 0.25) is 5.02 Å². The van der Waals surface area contributed by atoms with Gasteiger partial charge in [-0.05, 0) is 62.2 Å². The fraction of sp³-hybridized carbons (Fsp3) is 0.333. The second-order valence-electron chi connectivity index (χ2n) is 7.76. The summed E-state index contributed by atoms with van der Waals surface area (Å²) in [5.41, 5.74) is 1.77. The Hall–Kier alpha value is -2.83. The maximum Gasteiger partial charge on any atom is 0.310 e. The van der Waals surface area contributed by atoms with Gasteiger partial charge in [0.15, 0.2) is 5.76 Å². The van der Waals surface area contributed by atoms with Crippen LogP contribution in [-0.4, -0.2) is 41.5 Å². The van der Waals surface area contributed by atoms with E-state index in [-0.39, 0.29) is 29.2 Å². The molecule has 1 atom stereocenters. The number of hydrogen-bond donors (Lipinski definition) is 1. The third-order valence-corrected chi connectivity index (χ3v) is 5.84. The minimum Gasteiger partial charge on any atom is -0.507 e. The van der Waals surface area contributed by atoms with Crippen LogP contribution in [0.15, 0.2) is 42.2 Å². The van der Waals surface area contributed by atoms with Gasteiger partial charge < -0.3 is 14.6 Å². The number of aromatic hydroxyl groups is 1. The normalized spacial score (nSPS) is 19.9. The minimum absolute atomic E-state index is 0.0672. The van der Waals surface area contributed by atoms with E-state index in [9.17, 15) is 14.7 Å². The molecule has 1 N–H and O–H groups in total. The van der Waals surface area contributed by atoms with E-state index in [1.807, 2.05) is 0 Å². The van der Waals surface area contributed by atoms with Gasteiger partial charge in [-0.1, -0.05) is 23.7 Å². The molecular formula is C24H24ClNO5. The highest BCUT2D eigenvalue weighted by Gasteiger charge is 2.33. The van der Waals surface area contributed by atoms with Crippen LogP contribution < -0.4 is 4.74 Å². The Morgan fingerprint density at radius 1 is 1.29 bits per heavy atom. The number of likely N-dealkylation sites (tertiary alicyclic amines) is 1. The molecule has 6 nitrogen and oxygen atoms in total. The van der Waals surface area contributed by atoms with Crippen molar-refractivity contribution in [2.45, 2.75) is 26.3 Å². The summed E-state index contributed by atoms with van der Waals surface area (Å²) < 4.78 is 11.1. The average molecular weight is 442 g/mol. The summed E-state index contributed by atoms with van der Waals surface area (Å²) in [6, 6.07) is 10.2. The van der Waals surface area contributed by atoms with Gasteiger partial charge in [0.1, 0.15) is 11.5 Å². The van der Waals surface area contributed by atoms with E-state index in [0.717, 1.165) is 24.9 Å². The first kappa shape index (κ1) is 21.4. The molecule has 162 valence electrons. The molecule has 0 aromatic heterocycles. The summed E-state index contributed by atoms with van der Waals surface area (Å²) >= 11 is 5.93. The summed E-state index contributed by atoms with van der Waals surface area (Å²) in [6.07, 6.45) is 3.31. The van der Waals surface area contributed by atoms with E-state index in [4.69, 9.17) is 21.1 Å². The summed E-state index contributed by atoms with van der Waals surface area (Å²) in [4.78, 5) is 27.1. The predicted molar refractivity (Wildman–Crippen MR) is 117 cm³/mol. The van der Waals surface area contributed by atoms with Crippen molar-refractivity contribution < 1.29 is 24.2 Å². The molecule has 0 radical (unpaired) electrons. The molecule has 2 heterocycles. The van der Waals surface area contributed by atoms with Crippen molar-refractivity contribution in [2.75, 3.05) is 19.7 Å². The van der Waals surface area contributed by atoms with Gasteiger partial charge in [0, 0.05) is 18.1 Å². The maximum absolute atomic E-state index is 12.9. The standard InChI is InChI=1S/C24H24ClNO5/c1-2-30-24(29)16-4-3-11-26(13-16)14-19-20(27)10-9-18-22(28)21(31-23(18)19)12-15-5-7-17(25)8-6-15/h5-10,12,16,27H,2-4,11,13-14H2,1H3/b21-12-. The molecule has 1 saturated heterocycles. The Bertz CT molecular complexity index is 1030. The molecule has 4 rings (SSSR count). The largest absolute Gasteiger partial charge is 0.507 e. The molecule has 2 aliphatic rings. The fourth-order valence-electron chi connectivity index (χ4n) is 4.04. The molecular weight excluding hydrogens is 418 g/mol. The number of carbonyl (C=O) groups excluding carboxylic acids is 2. The summed E-state index contributed by atoms with van der Waals surface area (Å²) in [7, 11) is 0. The van der Waals surface area contributed by atoms with Gasteiger partial charge in [-0.15, -0.1) is 0 Å². The first-order valence-electron chi connectivity index (χ1n) is 10.4. The lowest BCUT2D eigenvalue weighted by Gasteiger charge is -2.31. The van der Waals surface area contributed by atoms with Crippen molar-refractivity contribution >= 4 is 29.4 Å². The lowest BCUT2D eigenvalue weighted by molar-refractivity contribution is -0.150. The zero-order valence-corrected chi connectivity index (χ0v) is 18.0. The van der Waals surface area contributed by atoms with Crippen molar-refractivity contribution in [1.29, 1.82) is 0 Å². The molecule has 0 amide bonds. The van der Waals surface area contributed by atoms with Crippen LogP contribution in [0.4, 0.5) is 0 Å². The van der Waals surface area contributed by atoms with Crippen LogP contribution in [0.3, 0.4) is 0 Å². The molecule has 2 aliphatic heterocycles. The lowest BCUT2D eigenvalue weighted by Crippen LogP contribution is -2.39. The van der Waals surface area contributed by atoms with E-state index in [0.29, 0.717) is 41.6 Å². The number of allylic oxidation sites excluding steroid dienone is 1. The second-order valence-corrected chi connectivity index (χ2v) is 8.19. The molecule has 1 unspecified atom stereocenters. The highest BCUT2D eigenvalue weighted by atomic mass is 35.5. The predicted octanol–water partition coefficient (Wildman–Crippen LogP) is 4.44. The smallest absolute Gasteiger partial charge is 0.310 e. The SMILES string of the molecule is CCOC(=O)C1CCCN(Cc2c(O)ccc3c2O/C(=C\c2ccc(Cl)cc2)C3=O)C1. The highest BCUT2D eigenvalue weighted by Crippen LogP contribution is 2.40. The van der Waals surface area contributed by atoms with Crippen LogP contribution in [0, 0.1) is 5.92 Å². The van der Waals surface area contributed by atoms with Gasteiger partial charge in [-0.2, -0.15) is 0 Å². The zero-order chi connectivity index (χ0) is 22.0. The fourth-order valence-corrected chi connectivity index (χ4v) is 4.16. The second kappa shape index (κ2) is 9.12. The molecule has 2 aromatic carbocycles. The van der Waals surface area contributed by atoms with Crippen LogP contribution in [-0.2, 0) is 16.1 Å². The van der Waals surface area contributed by atoms with E-state index in [1.165, 1.54) is 6.07 Å². The molecule has 7 heteroatoms. The molecule has 0 aliphatic carbocycles. The Labute approximate surface area is 186 Å². The number of piperidine rings is 1. The third kappa shape index (κ3) is 4.60. The number of phenols is 1. The lowest BCUT2D eigenvalue weighted by atomic mass is 9.97. The number of carbonyl (C=O) groups is 2. The highest BCUT2D eigenvalue weighted by molar-refractivity contribution is 6.30. The van der Waals surface area contributed by atoms with Gasteiger partial charge in [0.05, 0.1) is 23.7 Å². The first-order chi connectivity index (χ1) is 15.0. The number of nitrogens with zero attached hydrogens (tertiary/aromatic N) is 1. The Morgan fingerprint density at radius 3 is 2.81 bits per heavy atom. The number of halogens is 1. The van der Waals surface area contributed by atoms with Crippen LogP contribution in [0.25, 0.3) is 6.08 Å². The van der Waals surface area contributed by atoms with Crippen molar-refractivity contribution in [3.8, 4) is 11.5 Å². The van der Waals surface area contributed by atoms with Crippen molar-refractivity contribution in [1.82, 2.24) is 4.90 Å². The maximum atomic E-state index is 12.9. The zero-order valence-electron chi connectivity index (χ0n) is 17.3. The van der Waals surface area contributed by atoms with E-state index in [1.54, 1.807) is 43.3 Å². The molecule has 0 saturated carbocycles. The summed E-state index contributed by atoms with van der Waals surface area (Å²) in [6.45, 7) is 3.88. The van der Waals surface area contributed by atoms with Crippen molar-refractivity contribution in [2.24, 2.45) is 5.92 Å². The Kier molecular flexibility index (Phi) is 6.30. The number of esters is 1. The Morgan fingerprint density at radius 2 is 2.06 bits per heavy atom. The van der Waals surface area contributed by atoms with Gasteiger partial charge in [-0.3, -0.25) is 14.5 Å². The van der Waals surface area contributed by atoms with E-state index < -0.39 is 0 Å². The first-order valence-corrected chi connectivity index (χ1v) is 10.8. The number of hydrogen-bond acceptors (Lipinski definition) is 6. The number of fused-ring (bicyclic) bond motifs is 1.